The summed E-state index contributed by atoms with van der Waals surface area (Å²) >= 11 is 0. The van der Waals surface area contributed by atoms with Gasteiger partial charge >= 0.3 is 0 Å². The van der Waals surface area contributed by atoms with Crippen molar-refractivity contribution in [2.45, 2.75) is 25.8 Å². The number of rotatable bonds is 5. The Bertz CT molecular complexity index is 498. The summed E-state index contributed by atoms with van der Waals surface area (Å²) in [7, 11) is -0.728. The summed E-state index contributed by atoms with van der Waals surface area (Å²) in [4.78, 5) is 2.22. The zero-order valence-corrected chi connectivity index (χ0v) is 12.6. The van der Waals surface area contributed by atoms with Gasteiger partial charge in [-0.2, -0.15) is 0 Å². The van der Waals surface area contributed by atoms with Gasteiger partial charge in [-0.15, -0.1) is 0 Å². The molecule has 1 aliphatic rings. The van der Waals surface area contributed by atoms with Gasteiger partial charge in [0.1, 0.15) is 0 Å². The number of hydrogen-bond donors (Lipinski definition) is 0. The van der Waals surface area contributed by atoms with E-state index < -0.39 is 9.84 Å². The predicted octanol–water partition coefficient (Wildman–Crippen LogP) is 1.98. The molecule has 0 radical (unpaired) electrons. The van der Waals surface area contributed by atoms with E-state index in [1.54, 1.807) is 0 Å². The monoisotopic (exact) mass is 281 g/mol. The van der Waals surface area contributed by atoms with Crippen molar-refractivity contribution >= 4 is 9.84 Å². The van der Waals surface area contributed by atoms with Gasteiger partial charge in [-0.1, -0.05) is 37.3 Å². The number of hydrogen-bond acceptors (Lipinski definition) is 3. The summed E-state index contributed by atoms with van der Waals surface area (Å²) in [5.74, 6) is 1.23. The molecule has 0 aromatic heterocycles. The maximum Gasteiger partial charge on any atom is 0.151 e. The molecule has 1 aromatic carbocycles. The lowest BCUT2D eigenvalue weighted by atomic mass is 10.00. The van der Waals surface area contributed by atoms with Crippen LogP contribution in [0.2, 0.25) is 0 Å². The molecule has 0 bridgehead atoms. The molecule has 0 saturated carbocycles. The fourth-order valence-corrected chi connectivity index (χ4v) is 4.65. The molecule has 1 aliphatic heterocycles. The van der Waals surface area contributed by atoms with Crippen LogP contribution in [0.4, 0.5) is 0 Å². The van der Waals surface area contributed by atoms with Gasteiger partial charge in [-0.05, 0) is 31.4 Å². The Morgan fingerprint density at radius 1 is 1.32 bits per heavy atom. The maximum absolute atomic E-state index is 11.5. The van der Waals surface area contributed by atoms with Crippen molar-refractivity contribution in [2.24, 2.45) is 5.92 Å². The van der Waals surface area contributed by atoms with E-state index in [1.807, 2.05) is 13.1 Å². The Hall–Kier alpha value is -0.870. The van der Waals surface area contributed by atoms with E-state index in [-0.39, 0.29) is 6.04 Å². The van der Waals surface area contributed by atoms with Crippen LogP contribution in [0.5, 0.6) is 0 Å². The molecule has 2 rings (SSSR count). The van der Waals surface area contributed by atoms with Crippen molar-refractivity contribution in [3.8, 4) is 0 Å². The molecule has 2 unspecified atom stereocenters. The first-order valence-electron chi connectivity index (χ1n) is 6.91. The second kappa shape index (κ2) is 6.06. The lowest BCUT2D eigenvalue weighted by molar-refractivity contribution is 0.227. The van der Waals surface area contributed by atoms with Gasteiger partial charge in [0.15, 0.2) is 9.84 Å². The molecule has 0 aliphatic carbocycles. The van der Waals surface area contributed by atoms with E-state index in [2.05, 4.69) is 36.1 Å². The Kier molecular flexibility index (Phi) is 4.63. The lowest BCUT2D eigenvalue weighted by Gasteiger charge is -2.26. The number of benzene rings is 1. The van der Waals surface area contributed by atoms with Crippen molar-refractivity contribution in [2.75, 3.05) is 25.1 Å². The first kappa shape index (κ1) is 14.5. The van der Waals surface area contributed by atoms with E-state index in [4.69, 9.17) is 0 Å². The van der Waals surface area contributed by atoms with Gasteiger partial charge in [0, 0.05) is 12.6 Å². The average Bonchev–Trinajstić information content (AvgIpc) is 2.71. The molecule has 0 N–H and O–H groups in total. The maximum atomic E-state index is 11.5. The van der Waals surface area contributed by atoms with Crippen LogP contribution in [0.1, 0.15) is 18.9 Å². The van der Waals surface area contributed by atoms with E-state index in [9.17, 15) is 8.42 Å². The third kappa shape index (κ3) is 4.32. The van der Waals surface area contributed by atoms with E-state index in [0.29, 0.717) is 17.4 Å². The molecule has 0 amide bonds. The molecule has 2 atom stereocenters. The van der Waals surface area contributed by atoms with Crippen molar-refractivity contribution in [3.63, 3.8) is 0 Å². The minimum atomic E-state index is -2.78. The van der Waals surface area contributed by atoms with Crippen LogP contribution in [-0.4, -0.2) is 44.5 Å². The summed E-state index contributed by atoms with van der Waals surface area (Å²) in [6.07, 6.45) is 1.83. The predicted molar refractivity (Wildman–Crippen MR) is 79.0 cm³/mol. The third-order valence-electron chi connectivity index (χ3n) is 3.86. The van der Waals surface area contributed by atoms with Crippen LogP contribution >= 0.6 is 0 Å². The van der Waals surface area contributed by atoms with Gasteiger partial charge in [0.05, 0.1) is 11.5 Å². The molecule has 1 saturated heterocycles. The van der Waals surface area contributed by atoms with E-state index in [1.165, 1.54) is 5.56 Å². The van der Waals surface area contributed by atoms with Gasteiger partial charge in [0.25, 0.3) is 0 Å². The molecule has 0 spiro atoms. The fraction of sp³-hybridized carbons (Fsp3) is 0.600. The lowest BCUT2D eigenvalue weighted by Crippen LogP contribution is -2.36. The summed E-state index contributed by atoms with van der Waals surface area (Å²) in [6.45, 7) is 3.18. The van der Waals surface area contributed by atoms with Gasteiger partial charge < -0.3 is 4.90 Å². The molecule has 19 heavy (non-hydrogen) atoms. The van der Waals surface area contributed by atoms with Gasteiger partial charge in [0.2, 0.25) is 0 Å². The van der Waals surface area contributed by atoms with Crippen molar-refractivity contribution in [1.29, 1.82) is 0 Å². The minimum absolute atomic E-state index is 0.211. The largest absolute Gasteiger partial charge is 0.302 e. The van der Waals surface area contributed by atoms with Crippen LogP contribution in [-0.2, 0) is 16.3 Å². The quantitative estimate of drug-likeness (QED) is 0.828. The van der Waals surface area contributed by atoms with Crippen molar-refractivity contribution in [3.05, 3.63) is 35.9 Å². The van der Waals surface area contributed by atoms with Gasteiger partial charge in [-0.3, -0.25) is 0 Å². The van der Waals surface area contributed by atoms with E-state index >= 15 is 0 Å². The topological polar surface area (TPSA) is 37.4 Å². The normalized spacial score (nSPS) is 23.6. The molecule has 3 nitrogen and oxygen atoms in total. The van der Waals surface area contributed by atoms with Gasteiger partial charge in [-0.25, -0.2) is 8.42 Å². The molecule has 1 aromatic rings. The van der Waals surface area contributed by atoms with Crippen molar-refractivity contribution < 1.29 is 8.42 Å². The zero-order valence-electron chi connectivity index (χ0n) is 11.7. The second-order valence-electron chi connectivity index (χ2n) is 5.79. The van der Waals surface area contributed by atoms with Crippen LogP contribution in [0.25, 0.3) is 0 Å². The van der Waals surface area contributed by atoms with Crippen molar-refractivity contribution in [1.82, 2.24) is 4.90 Å². The van der Waals surface area contributed by atoms with Crippen LogP contribution in [0.3, 0.4) is 0 Å². The first-order valence-corrected chi connectivity index (χ1v) is 8.73. The minimum Gasteiger partial charge on any atom is -0.302 e. The second-order valence-corrected chi connectivity index (χ2v) is 8.02. The standard InChI is InChI=1S/C15H23NO2S/c1-13(10-14-6-4-3-5-7-14)11-16(2)15-8-9-19(17,18)12-15/h3-7,13,15H,8-12H2,1-2H3. The molecule has 4 heteroatoms. The molecule has 1 heterocycles. The third-order valence-corrected chi connectivity index (χ3v) is 5.61. The average molecular weight is 281 g/mol. The summed E-state index contributed by atoms with van der Waals surface area (Å²) < 4.78 is 23.0. The first-order chi connectivity index (χ1) is 8.96. The highest BCUT2D eigenvalue weighted by molar-refractivity contribution is 7.91. The SMILES string of the molecule is CC(Cc1ccccc1)CN(C)C1CCS(=O)(=O)C1. The van der Waals surface area contributed by atoms with Crippen LogP contribution < -0.4 is 0 Å². The summed E-state index contributed by atoms with van der Waals surface area (Å²) in [6, 6.07) is 10.7. The molecule has 106 valence electrons. The van der Waals surface area contributed by atoms with E-state index in [0.717, 1.165) is 19.4 Å². The zero-order chi connectivity index (χ0) is 13.9. The fourth-order valence-electron chi connectivity index (χ4n) is 2.84. The molecular weight excluding hydrogens is 258 g/mol. The highest BCUT2D eigenvalue weighted by Crippen LogP contribution is 2.18. The number of sulfone groups is 1. The Labute approximate surface area is 116 Å². The van der Waals surface area contributed by atoms with Crippen LogP contribution in [0.15, 0.2) is 30.3 Å². The summed E-state index contributed by atoms with van der Waals surface area (Å²) in [5.41, 5.74) is 1.35. The molecule has 1 fully saturated rings. The highest BCUT2D eigenvalue weighted by Gasteiger charge is 2.30. The Balaban J connectivity index is 1.84. The van der Waals surface area contributed by atoms with Crippen LogP contribution in [0, 0.1) is 5.92 Å². The highest BCUT2D eigenvalue weighted by atomic mass is 32.2. The smallest absolute Gasteiger partial charge is 0.151 e. The Morgan fingerprint density at radius 2 is 2.00 bits per heavy atom. The number of nitrogens with zero attached hydrogens (tertiary/aromatic N) is 1. The summed E-state index contributed by atoms with van der Waals surface area (Å²) in [5, 5.41) is 0. The molecular formula is C15H23NO2S. The Morgan fingerprint density at radius 3 is 2.58 bits per heavy atom.